The van der Waals surface area contributed by atoms with Crippen LogP contribution in [0.4, 0.5) is 15.8 Å². The van der Waals surface area contributed by atoms with Crippen molar-refractivity contribution in [2.24, 2.45) is 5.92 Å². The van der Waals surface area contributed by atoms with E-state index >= 15 is 0 Å². The second-order valence-electron chi connectivity index (χ2n) is 5.64. The van der Waals surface area contributed by atoms with Crippen LogP contribution >= 0.6 is 11.6 Å². The molecule has 2 aromatic carbocycles. The van der Waals surface area contributed by atoms with Crippen molar-refractivity contribution in [3.8, 4) is 5.75 Å². The maximum absolute atomic E-state index is 13.4. The number of carbonyl (C=O) groups is 2. The Labute approximate surface area is 150 Å². The van der Waals surface area contributed by atoms with Crippen LogP contribution in [0.2, 0.25) is 5.02 Å². The molecule has 0 aliphatic carbocycles. The van der Waals surface area contributed by atoms with E-state index in [0.717, 1.165) is 6.07 Å². The van der Waals surface area contributed by atoms with Crippen molar-refractivity contribution in [2.45, 2.75) is 13.8 Å². The van der Waals surface area contributed by atoms with Gasteiger partial charge in [0.05, 0.1) is 17.8 Å². The fraction of sp³-hybridized carbons (Fsp3) is 0.222. The van der Waals surface area contributed by atoms with Crippen molar-refractivity contribution >= 4 is 34.8 Å². The second kappa shape index (κ2) is 7.98. The number of rotatable bonds is 5. The lowest BCUT2D eigenvalue weighted by Gasteiger charge is -2.12. The zero-order valence-electron chi connectivity index (χ0n) is 14.0. The van der Waals surface area contributed by atoms with E-state index in [-0.39, 0.29) is 23.1 Å². The molecule has 0 atom stereocenters. The summed E-state index contributed by atoms with van der Waals surface area (Å²) in [4.78, 5) is 24.0. The second-order valence-corrected chi connectivity index (χ2v) is 6.05. The minimum atomic E-state index is -0.549. The molecule has 0 unspecified atom stereocenters. The van der Waals surface area contributed by atoms with E-state index in [2.05, 4.69) is 10.6 Å². The molecular formula is C18H18ClFN2O3. The molecule has 0 spiro atoms. The Morgan fingerprint density at radius 1 is 1.12 bits per heavy atom. The van der Waals surface area contributed by atoms with E-state index in [0.29, 0.717) is 16.4 Å². The summed E-state index contributed by atoms with van der Waals surface area (Å²) < 4.78 is 18.3. The maximum atomic E-state index is 13.4. The van der Waals surface area contributed by atoms with Gasteiger partial charge in [0.15, 0.2) is 11.6 Å². The third-order valence-electron chi connectivity index (χ3n) is 3.42. The van der Waals surface area contributed by atoms with Gasteiger partial charge in [-0.3, -0.25) is 9.59 Å². The van der Waals surface area contributed by atoms with Crippen LogP contribution in [0.1, 0.15) is 24.2 Å². The fourth-order valence-electron chi connectivity index (χ4n) is 1.98. The van der Waals surface area contributed by atoms with Crippen LogP contribution in [0.15, 0.2) is 36.4 Å². The van der Waals surface area contributed by atoms with Crippen LogP contribution in [-0.2, 0) is 4.79 Å². The minimum absolute atomic E-state index is 0.0163. The number of carbonyl (C=O) groups excluding carboxylic acids is 2. The fourth-order valence-corrected chi connectivity index (χ4v) is 2.20. The van der Waals surface area contributed by atoms with Crippen molar-refractivity contribution in [2.75, 3.05) is 17.7 Å². The van der Waals surface area contributed by atoms with Crippen molar-refractivity contribution < 1.29 is 18.7 Å². The highest BCUT2D eigenvalue weighted by Gasteiger charge is 2.13. The molecule has 0 radical (unpaired) electrons. The summed E-state index contributed by atoms with van der Waals surface area (Å²) >= 11 is 6.14. The highest BCUT2D eigenvalue weighted by atomic mass is 35.5. The van der Waals surface area contributed by atoms with Gasteiger partial charge in [0.25, 0.3) is 5.91 Å². The molecule has 132 valence electrons. The standard InChI is InChI=1S/C18H18ClFN2O3/c1-10(2)17(23)22-15-7-5-12(9-13(15)19)21-18(24)11-4-6-14(20)16(8-11)25-3/h4-10H,1-3H3,(H,21,24)(H,22,23). The number of amides is 2. The molecule has 0 saturated carbocycles. The Hall–Kier alpha value is -2.60. The Morgan fingerprint density at radius 2 is 1.84 bits per heavy atom. The number of hydrogen-bond acceptors (Lipinski definition) is 3. The predicted octanol–water partition coefficient (Wildman–Crippen LogP) is 4.33. The van der Waals surface area contributed by atoms with Crippen molar-refractivity contribution in [3.63, 3.8) is 0 Å². The Balaban J connectivity index is 2.14. The Morgan fingerprint density at radius 3 is 2.44 bits per heavy atom. The Bertz CT molecular complexity index is 809. The van der Waals surface area contributed by atoms with Gasteiger partial charge < -0.3 is 15.4 Å². The number of methoxy groups -OCH3 is 1. The van der Waals surface area contributed by atoms with Gasteiger partial charge in [-0.15, -0.1) is 0 Å². The third-order valence-corrected chi connectivity index (χ3v) is 3.74. The maximum Gasteiger partial charge on any atom is 0.255 e. The molecule has 0 fully saturated rings. The van der Waals surface area contributed by atoms with Gasteiger partial charge in [-0.2, -0.15) is 0 Å². The lowest BCUT2D eigenvalue weighted by atomic mass is 10.1. The molecular weight excluding hydrogens is 347 g/mol. The molecule has 0 heterocycles. The number of ether oxygens (including phenoxy) is 1. The Kier molecular flexibility index (Phi) is 5.98. The first-order valence-corrected chi connectivity index (χ1v) is 7.95. The van der Waals surface area contributed by atoms with Crippen LogP contribution in [0.25, 0.3) is 0 Å². The lowest BCUT2D eigenvalue weighted by molar-refractivity contribution is -0.118. The number of nitrogens with one attached hydrogen (secondary N) is 2. The largest absolute Gasteiger partial charge is 0.494 e. The summed E-state index contributed by atoms with van der Waals surface area (Å²) in [6.07, 6.45) is 0. The van der Waals surface area contributed by atoms with Crippen molar-refractivity contribution in [3.05, 3.63) is 52.8 Å². The molecule has 2 N–H and O–H groups in total. The molecule has 7 heteroatoms. The normalized spacial score (nSPS) is 10.5. The molecule has 0 aliphatic heterocycles. The summed E-state index contributed by atoms with van der Waals surface area (Å²) in [5.74, 6) is -1.33. The zero-order chi connectivity index (χ0) is 18.6. The molecule has 5 nitrogen and oxygen atoms in total. The van der Waals surface area contributed by atoms with Crippen molar-refractivity contribution in [1.29, 1.82) is 0 Å². The molecule has 0 bridgehead atoms. The molecule has 0 aliphatic rings. The van der Waals surface area contributed by atoms with E-state index in [1.54, 1.807) is 26.0 Å². The summed E-state index contributed by atoms with van der Waals surface area (Å²) in [5, 5.41) is 5.66. The average Bonchev–Trinajstić information content (AvgIpc) is 2.57. The van der Waals surface area contributed by atoms with E-state index in [1.807, 2.05) is 0 Å². The summed E-state index contributed by atoms with van der Waals surface area (Å²) in [5.41, 5.74) is 1.15. The first kappa shape index (κ1) is 18.7. The van der Waals surface area contributed by atoms with Gasteiger partial charge in [0.2, 0.25) is 5.91 Å². The quantitative estimate of drug-likeness (QED) is 0.829. The zero-order valence-corrected chi connectivity index (χ0v) is 14.8. The van der Waals surface area contributed by atoms with Crippen LogP contribution in [0, 0.1) is 11.7 Å². The molecule has 2 amide bonds. The molecule has 25 heavy (non-hydrogen) atoms. The molecule has 0 aromatic heterocycles. The number of anilines is 2. The smallest absolute Gasteiger partial charge is 0.255 e. The van der Waals surface area contributed by atoms with Crippen LogP contribution in [0.3, 0.4) is 0 Å². The third kappa shape index (κ3) is 4.70. The van der Waals surface area contributed by atoms with Crippen molar-refractivity contribution in [1.82, 2.24) is 0 Å². The van der Waals surface area contributed by atoms with Crippen LogP contribution in [0.5, 0.6) is 5.75 Å². The highest BCUT2D eigenvalue weighted by molar-refractivity contribution is 6.34. The molecule has 2 aromatic rings. The predicted molar refractivity (Wildman–Crippen MR) is 95.8 cm³/mol. The van der Waals surface area contributed by atoms with Gasteiger partial charge in [0.1, 0.15) is 0 Å². The number of halogens is 2. The van der Waals surface area contributed by atoms with E-state index in [4.69, 9.17) is 16.3 Å². The topological polar surface area (TPSA) is 67.4 Å². The van der Waals surface area contributed by atoms with Gasteiger partial charge in [0, 0.05) is 17.2 Å². The monoisotopic (exact) mass is 364 g/mol. The van der Waals surface area contributed by atoms with Gasteiger partial charge >= 0.3 is 0 Å². The SMILES string of the molecule is COc1cc(C(=O)Nc2ccc(NC(=O)C(C)C)c(Cl)c2)ccc1F. The molecule has 0 saturated heterocycles. The number of benzene rings is 2. The first-order valence-electron chi connectivity index (χ1n) is 7.57. The number of hydrogen-bond donors (Lipinski definition) is 2. The average molecular weight is 365 g/mol. The first-order chi connectivity index (χ1) is 11.8. The lowest BCUT2D eigenvalue weighted by Crippen LogP contribution is -2.18. The summed E-state index contributed by atoms with van der Waals surface area (Å²) in [6.45, 7) is 3.55. The van der Waals surface area contributed by atoms with E-state index in [1.165, 1.54) is 25.3 Å². The van der Waals surface area contributed by atoms with Gasteiger partial charge in [-0.05, 0) is 36.4 Å². The molecule has 2 rings (SSSR count). The minimum Gasteiger partial charge on any atom is -0.494 e. The van der Waals surface area contributed by atoms with Crippen LogP contribution in [-0.4, -0.2) is 18.9 Å². The summed E-state index contributed by atoms with van der Waals surface area (Å²) in [6, 6.07) is 8.56. The van der Waals surface area contributed by atoms with E-state index < -0.39 is 11.7 Å². The highest BCUT2D eigenvalue weighted by Crippen LogP contribution is 2.26. The van der Waals surface area contributed by atoms with E-state index in [9.17, 15) is 14.0 Å². The van der Waals surface area contributed by atoms with Gasteiger partial charge in [-0.25, -0.2) is 4.39 Å². The van der Waals surface area contributed by atoms with Crippen LogP contribution < -0.4 is 15.4 Å². The summed E-state index contributed by atoms with van der Waals surface area (Å²) in [7, 11) is 1.32. The van der Waals surface area contributed by atoms with Gasteiger partial charge in [-0.1, -0.05) is 25.4 Å².